The van der Waals surface area contributed by atoms with Crippen molar-refractivity contribution >= 4 is 34.3 Å². The third-order valence-electron chi connectivity index (χ3n) is 12.9. The van der Waals surface area contributed by atoms with Gasteiger partial charge in [0.15, 0.2) is 0 Å². The summed E-state index contributed by atoms with van der Waals surface area (Å²) in [4.78, 5) is 45.1. The lowest BCUT2D eigenvalue weighted by Crippen LogP contribution is -2.56. The second-order valence-corrected chi connectivity index (χ2v) is 17.0. The van der Waals surface area contributed by atoms with Gasteiger partial charge in [-0.25, -0.2) is 4.79 Å². The van der Waals surface area contributed by atoms with Crippen molar-refractivity contribution in [1.29, 1.82) is 0 Å². The normalized spacial score (nSPS) is 19.7. The van der Waals surface area contributed by atoms with E-state index in [1.54, 1.807) is 0 Å². The summed E-state index contributed by atoms with van der Waals surface area (Å²) < 4.78 is 24.0. The quantitative estimate of drug-likeness (QED) is 0.0707. The van der Waals surface area contributed by atoms with E-state index in [0.717, 1.165) is 110 Å². The van der Waals surface area contributed by atoms with Crippen LogP contribution >= 0.6 is 0 Å². The number of unbranched alkanes of at least 4 members (excludes halogenated alkanes) is 1. The molecule has 4 aliphatic rings. The Morgan fingerprint density at radius 3 is 2.27 bits per heavy atom. The lowest BCUT2D eigenvalue weighted by molar-refractivity contribution is -0.143. The van der Waals surface area contributed by atoms with Crippen molar-refractivity contribution in [3.8, 4) is 11.8 Å². The molecule has 9 rings (SSSR count). The minimum Gasteiger partial charge on any atom is -0.489 e. The van der Waals surface area contributed by atoms with E-state index >= 15 is 0 Å². The molecule has 1 aromatic heterocycles. The molecule has 0 saturated carbocycles. The molecule has 4 aliphatic heterocycles. The largest absolute Gasteiger partial charge is 0.489 e. The van der Waals surface area contributed by atoms with Crippen LogP contribution in [0.3, 0.4) is 0 Å². The van der Waals surface area contributed by atoms with Gasteiger partial charge in [-0.2, -0.15) is 9.97 Å². The van der Waals surface area contributed by atoms with E-state index in [4.69, 9.17) is 28.9 Å². The molecular formula is C50H58N6O6. The predicted molar refractivity (Wildman–Crippen MR) is 240 cm³/mol. The molecule has 62 heavy (non-hydrogen) atoms. The van der Waals surface area contributed by atoms with E-state index < -0.39 is 0 Å². The molecule has 4 aromatic carbocycles. The monoisotopic (exact) mass is 838 g/mol. The number of rotatable bonds is 16. The Labute approximate surface area is 364 Å². The van der Waals surface area contributed by atoms with E-state index in [1.807, 2.05) is 60.4 Å². The number of hydrogen-bond donors (Lipinski definition) is 0. The lowest BCUT2D eigenvalue weighted by atomic mass is 10.0. The van der Waals surface area contributed by atoms with Crippen LogP contribution in [0.1, 0.15) is 74.3 Å². The smallest absolute Gasteiger partial charge is 0.410 e. The number of carbonyl (C=O) groups is 2. The van der Waals surface area contributed by atoms with Gasteiger partial charge in [0.25, 0.3) is 0 Å². The molecule has 3 saturated heterocycles. The Morgan fingerprint density at radius 2 is 1.50 bits per heavy atom. The second kappa shape index (κ2) is 19.4. The van der Waals surface area contributed by atoms with Crippen molar-refractivity contribution in [2.45, 2.75) is 96.2 Å². The number of esters is 1. The summed E-state index contributed by atoms with van der Waals surface area (Å²) in [5.41, 5.74) is 5.34. The number of piperazine rings is 1. The Kier molecular flexibility index (Phi) is 13.0. The summed E-state index contributed by atoms with van der Waals surface area (Å²) >= 11 is 0. The number of amides is 1. The molecule has 0 radical (unpaired) electrons. The van der Waals surface area contributed by atoms with Crippen LogP contribution in [0.15, 0.2) is 97.1 Å². The van der Waals surface area contributed by atoms with Crippen LogP contribution in [0.25, 0.3) is 10.8 Å². The van der Waals surface area contributed by atoms with Crippen LogP contribution in [0.4, 0.5) is 16.3 Å². The summed E-state index contributed by atoms with van der Waals surface area (Å²) in [7, 11) is 0. The number of carbonyl (C=O) groups excluding carboxylic acids is 2. The predicted octanol–water partition coefficient (Wildman–Crippen LogP) is 8.34. The van der Waals surface area contributed by atoms with E-state index in [2.05, 4.69) is 63.2 Å². The first kappa shape index (κ1) is 41.5. The van der Waals surface area contributed by atoms with Gasteiger partial charge >= 0.3 is 18.1 Å². The average Bonchev–Trinajstić information content (AvgIpc) is 3.87. The lowest BCUT2D eigenvalue weighted by Gasteiger charge is -2.42. The highest BCUT2D eigenvalue weighted by Crippen LogP contribution is 2.39. The van der Waals surface area contributed by atoms with Crippen molar-refractivity contribution < 1.29 is 28.5 Å². The van der Waals surface area contributed by atoms with Gasteiger partial charge in [-0.05, 0) is 87.5 Å². The summed E-state index contributed by atoms with van der Waals surface area (Å²) in [5, 5.41) is 2.30. The molecule has 3 fully saturated rings. The number of anilines is 2. The van der Waals surface area contributed by atoms with Gasteiger partial charge < -0.3 is 28.7 Å². The molecule has 2 unspecified atom stereocenters. The zero-order valence-electron chi connectivity index (χ0n) is 35.8. The van der Waals surface area contributed by atoms with Gasteiger partial charge in [-0.15, -0.1) is 0 Å². The van der Waals surface area contributed by atoms with Crippen molar-refractivity contribution in [3.63, 3.8) is 0 Å². The summed E-state index contributed by atoms with van der Waals surface area (Å²) in [6.07, 6.45) is 6.75. The molecular weight excluding hydrogens is 781 g/mol. The number of aromatic nitrogens is 2. The zero-order chi connectivity index (χ0) is 42.3. The average molecular weight is 839 g/mol. The third kappa shape index (κ3) is 9.60. The van der Waals surface area contributed by atoms with Crippen molar-refractivity contribution in [1.82, 2.24) is 19.8 Å². The molecule has 0 aliphatic carbocycles. The first-order chi connectivity index (χ1) is 30.5. The van der Waals surface area contributed by atoms with Crippen LogP contribution in [-0.2, 0) is 40.4 Å². The van der Waals surface area contributed by atoms with Crippen LogP contribution in [0.2, 0.25) is 0 Å². The summed E-state index contributed by atoms with van der Waals surface area (Å²) in [6.45, 7) is 8.20. The van der Waals surface area contributed by atoms with Crippen molar-refractivity contribution in [3.05, 3.63) is 119 Å². The fourth-order valence-corrected chi connectivity index (χ4v) is 9.80. The number of fused-ring (bicyclic) bond motifs is 4. The van der Waals surface area contributed by atoms with Crippen LogP contribution in [0.5, 0.6) is 11.8 Å². The second-order valence-electron chi connectivity index (χ2n) is 17.0. The third-order valence-corrected chi connectivity index (χ3v) is 12.9. The van der Waals surface area contributed by atoms with Crippen molar-refractivity contribution in [2.75, 3.05) is 55.7 Å². The number of ether oxygens (including phenoxy) is 4. The first-order valence-corrected chi connectivity index (χ1v) is 22.6. The van der Waals surface area contributed by atoms with Crippen LogP contribution in [0, 0.1) is 0 Å². The maximum absolute atomic E-state index is 13.5. The zero-order valence-corrected chi connectivity index (χ0v) is 35.8. The van der Waals surface area contributed by atoms with Crippen LogP contribution < -0.4 is 19.3 Å². The highest BCUT2D eigenvalue weighted by atomic mass is 16.6. The maximum atomic E-state index is 13.5. The molecule has 0 spiro atoms. The van der Waals surface area contributed by atoms with E-state index in [-0.39, 0.29) is 36.8 Å². The van der Waals surface area contributed by atoms with Crippen LogP contribution in [-0.4, -0.2) is 95.9 Å². The summed E-state index contributed by atoms with van der Waals surface area (Å²) in [6, 6.07) is 33.7. The topological polar surface area (TPSA) is 110 Å². The van der Waals surface area contributed by atoms with Gasteiger partial charge in [0.05, 0.1) is 30.9 Å². The fraction of sp³-hybridized carbons (Fsp3) is 0.440. The van der Waals surface area contributed by atoms with E-state index in [0.29, 0.717) is 51.9 Å². The Balaban J connectivity index is 0.953. The molecule has 0 N–H and O–H groups in total. The van der Waals surface area contributed by atoms with Crippen molar-refractivity contribution in [2.24, 2.45) is 0 Å². The fourth-order valence-electron chi connectivity index (χ4n) is 9.80. The Hall–Kier alpha value is -5.88. The van der Waals surface area contributed by atoms with Gasteiger partial charge in [0.2, 0.25) is 0 Å². The standard InChI is InChI=1S/C50H58N6O6/c1-2-59-47(57)21-11-12-25-53-26-13-19-41(53)35-61-49-51-45-32-54(46-29-42(28-38-18-9-10-20-43(38)46)60-33-36-14-5-3-6-15-36)27-24-44(45)48(52-49)55-30-39-22-23-40(31-55)56(39)50(58)62-34-37-16-7-4-8-17-37/h3-10,14-18,20,28-29,39-41H,2,11-13,19,21-27,30-35H2,1H3/t39?,40?,41-/m0/s1. The van der Waals surface area contributed by atoms with E-state index in [9.17, 15) is 9.59 Å². The number of nitrogens with zero attached hydrogens (tertiary/aromatic N) is 6. The SMILES string of the molecule is CCOC(=O)CCCCN1CCC[C@H]1COc1nc2c(c(N3CC4CCC(C3)N4C(=O)OCc3ccccc3)n1)CCN(c1cc(OCc3ccccc3)cc3ccccc13)C2. The number of benzene rings is 4. The maximum Gasteiger partial charge on any atom is 0.410 e. The molecule has 3 atom stereocenters. The van der Waals surface area contributed by atoms with Gasteiger partial charge in [0.1, 0.15) is 31.4 Å². The molecule has 12 nitrogen and oxygen atoms in total. The number of hydrogen-bond acceptors (Lipinski definition) is 11. The highest BCUT2D eigenvalue weighted by Gasteiger charge is 2.45. The Morgan fingerprint density at radius 1 is 0.758 bits per heavy atom. The molecule has 2 bridgehead atoms. The molecule has 5 aromatic rings. The van der Waals surface area contributed by atoms with Gasteiger partial charge in [0, 0.05) is 54.8 Å². The van der Waals surface area contributed by atoms with Gasteiger partial charge in [-0.3, -0.25) is 14.6 Å². The number of likely N-dealkylation sites (tertiary alicyclic amines) is 1. The Bertz CT molecular complexity index is 2300. The van der Waals surface area contributed by atoms with Gasteiger partial charge in [-0.1, -0.05) is 84.9 Å². The molecule has 1 amide bonds. The highest BCUT2D eigenvalue weighted by molar-refractivity contribution is 5.96. The first-order valence-electron chi connectivity index (χ1n) is 22.6. The minimum atomic E-state index is -0.241. The minimum absolute atomic E-state index is 0.0352. The molecule has 12 heteroatoms. The molecule has 5 heterocycles. The molecule has 324 valence electrons. The van der Waals surface area contributed by atoms with E-state index in [1.165, 1.54) is 5.39 Å². The summed E-state index contributed by atoms with van der Waals surface area (Å²) in [5.74, 6) is 1.63.